The van der Waals surface area contributed by atoms with Crippen molar-refractivity contribution in [2.45, 2.75) is 24.5 Å². The lowest BCUT2D eigenvalue weighted by molar-refractivity contribution is 0.0602. The van der Waals surface area contributed by atoms with E-state index < -0.39 is 21.1 Å². The molecule has 1 unspecified atom stereocenters. The van der Waals surface area contributed by atoms with Crippen molar-refractivity contribution < 1.29 is 17.9 Å². The van der Waals surface area contributed by atoms with Crippen LogP contribution in [-0.2, 0) is 14.6 Å². The molecule has 1 atom stereocenters. The maximum Gasteiger partial charge on any atom is 0.340 e. The number of carbonyl (C=O) groups excluding carboxylic acids is 1. The van der Waals surface area contributed by atoms with Gasteiger partial charge in [0.05, 0.1) is 30.1 Å². The quantitative estimate of drug-likeness (QED) is 0.790. The Balaban J connectivity index is 2.15. The highest BCUT2D eigenvalue weighted by Crippen LogP contribution is 2.33. The Morgan fingerprint density at radius 2 is 2.24 bits per heavy atom. The molecule has 0 aromatic carbocycles. The normalized spacial score (nSPS) is 21.3. The summed E-state index contributed by atoms with van der Waals surface area (Å²) in [5.74, 6) is 0.220. The first-order chi connectivity index (χ1) is 10.0. The van der Waals surface area contributed by atoms with E-state index in [2.05, 4.69) is 4.98 Å². The molecule has 0 radical (unpaired) electrons. The molecule has 7 heteroatoms. The van der Waals surface area contributed by atoms with Crippen molar-refractivity contribution in [1.82, 2.24) is 9.38 Å². The fourth-order valence-corrected chi connectivity index (χ4v) is 4.72. The first kappa shape index (κ1) is 14.1. The topological polar surface area (TPSA) is 77.7 Å². The molecule has 1 aliphatic heterocycles. The van der Waals surface area contributed by atoms with Crippen LogP contribution in [0, 0.1) is 0 Å². The third-order valence-electron chi connectivity index (χ3n) is 3.87. The van der Waals surface area contributed by atoms with Crippen molar-refractivity contribution in [3.8, 4) is 0 Å². The van der Waals surface area contributed by atoms with E-state index in [1.165, 1.54) is 13.3 Å². The van der Waals surface area contributed by atoms with Crippen molar-refractivity contribution in [2.75, 3.05) is 12.9 Å². The van der Waals surface area contributed by atoms with Crippen LogP contribution in [0.4, 0.5) is 0 Å². The van der Waals surface area contributed by atoms with Crippen LogP contribution < -0.4 is 0 Å². The summed E-state index contributed by atoms with van der Waals surface area (Å²) in [6, 6.07) is 3.34. The molecule has 0 spiro atoms. The molecule has 0 amide bonds. The number of hydrogen-bond donors (Lipinski definition) is 0. The molecule has 1 fully saturated rings. The first-order valence-corrected chi connectivity index (χ1v) is 8.52. The molecular weight excluding hydrogens is 292 g/mol. The standard InChI is InChI=1S/C14H16N2O4S/c1-20-14(17)10-5-4-7-16-11(10)9-15-13(16)12-6-2-3-8-21(12,18)19/h4-5,7,9,12H,2-3,6,8H2,1H3. The van der Waals surface area contributed by atoms with Gasteiger partial charge < -0.3 is 9.14 Å². The third kappa shape index (κ3) is 2.31. The molecule has 0 saturated carbocycles. The number of nitrogens with zero attached hydrogens (tertiary/aromatic N) is 2. The van der Waals surface area contributed by atoms with E-state index in [1.807, 2.05) is 0 Å². The van der Waals surface area contributed by atoms with Gasteiger partial charge in [0, 0.05) is 6.20 Å². The molecule has 0 bridgehead atoms. The summed E-state index contributed by atoms with van der Waals surface area (Å²) in [7, 11) is -1.86. The van der Waals surface area contributed by atoms with Crippen LogP contribution in [0.1, 0.15) is 40.7 Å². The van der Waals surface area contributed by atoms with Crippen molar-refractivity contribution in [1.29, 1.82) is 0 Å². The largest absolute Gasteiger partial charge is 0.465 e. The highest BCUT2D eigenvalue weighted by atomic mass is 32.2. The molecular formula is C14H16N2O4S. The smallest absolute Gasteiger partial charge is 0.340 e. The van der Waals surface area contributed by atoms with E-state index in [-0.39, 0.29) is 5.75 Å². The van der Waals surface area contributed by atoms with Crippen LogP contribution in [0.3, 0.4) is 0 Å². The zero-order valence-electron chi connectivity index (χ0n) is 11.7. The lowest BCUT2D eigenvalue weighted by Gasteiger charge is -2.21. The average molecular weight is 308 g/mol. The Bertz CT molecular complexity index is 794. The van der Waals surface area contributed by atoms with Gasteiger partial charge in [0.15, 0.2) is 9.84 Å². The van der Waals surface area contributed by atoms with E-state index in [4.69, 9.17) is 4.74 Å². The number of fused-ring (bicyclic) bond motifs is 1. The molecule has 0 aliphatic carbocycles. The third-order valence-corrected chi connectivity index (χ3v) is 6.04. The molecule has 2 aromatic rings. The number of hydrogen-bond acceptors (Lipinski definition) is 5. The molecule has 112 valence electrons. The second-order valence-electron chi connectivity index (χ2n) is 5.14. The lowest BCUT2D eigenvalue weighted by Crippen LogP contribution is -2.23. The molecule has 2 aromatic heterocycles. The maximum absolute atomic E-state index is 12.3. The van der Waals surface area contributed by atoms with E-state index in [9.17, 15) is 13.2 Å². The SMILES string of the molecule is COC(=O)c1cccn2c(C3CCCCS3(=O)=O)ncc12. The summed E-state index contributed by atoms with van der Waals surface area (Å²) >= 11 is 0. The zero-order valence-corrected chi connectivity index (χ0v) is 12.5. The summed E-state index contributed by atoms with van der Waals surface area (Å²) in [5.41, 5.74) is 0.951. The van der Waals surface area contributed by atoms with E-state index in [1.54, 1.807) is 22.7 Å². The number of aromatic nitrogens is 2. The second kappa shape index (κ2) is 5.14. The van der Waals surface area contributed by atoms with E-state index in [0.717, 1.165) is 6.42 Å². The van der Waals surface area contributed by atoms with Crippen LogP contribution in [0.2, 0.25) is 0 Å². The van der Waals surface area contributed by atoms with Crippen molar-refractivity contribution in [3.05, 3.63) is 35.9 Å². The fraction of sp³-hybridized carbons (Fsp3) is 0.429. The molecule has 3 rings (SSSR count). The van der Waals surface area contributed by atoms with Gasteiger partial charge in [-0.25, -0.2) is 18.2 Å². The van der Waals surface area contributed by atoms with Gasteiger partial charge >= 0.3 is 5.97 Å². The number of esters is 1. The fourth-order valence-electron chi connectivity index (χ4n) is 2.81. The van der Waals surface area contributed by atoms with Gasteiger partial charge in [0.2, 0.25) is 0 Å². The van der Waals surface area contributed by atoms with Crippen LogP contribution >= 0.6 is 0 Å². The van der Waals surface area contributed by atoms with Gasteiger partial charge in [-0.2, -0.15) is 0 Å². The molecule has 21 heavy (non-hydrogen) atoms. The Kier molecular flexibility index (Phi) is 3.44. The highest BCUT2D eigenvalue weighted by Gasteiger charge is 2.33. The molecule has 3 heterocycles. The van der Waals surface area contributed by atoms with Crippen molar-refractivity contribution in [3.63, 3.8) is 0 Å². The van der Waals surface area contributed by atoms with Crippen LogP contribution in [0.15, 0.2) is 24.5 Å². The van der Waals surface area contributed by atoms with E-state index in [0.29, 0.717) is 29.7 Å². The average Bonchev–Trinajstić information content (AvgIpc) is 2.89. The predicted molar refractivity (Wildman–Crippen MR) is 76.9 cm³/mol. The van der Waals surface area contributed by atoms with Gasteiger partial charge in [0.25, 0.3) is 0 Å². The Labute approximate surface area is 122 Å². The van der Waals surface area contributed by atoms with Crippen molar-refractivity contribution >= 4 is 21.3 Å². The Morgan fingerprint density at radius 3 is 2.95 bits per heavy atom. The number of imidazole rings is 1. The monoisotopic (exact) mass is 308 g/mol. The summed E-state index contributed by atoms with van der Waals surface area (Å²) in [5, 5.41) is -0.596. The van der Waals surface area contributed by atoms with Crippen LogP contribution in [0.25, 0.3) is 5.52 Å². The number of pyridine rings is 1. The molecule has 1 aliphatic rings. The minimum absolute atomic E-state index is 0.198. The minimum Gasteiger partial charge on any atom is -0.465 e. The van der Waals surface area contributed by atoms with Gasteiger partial charge in [-0.1, -0.05) is 6.42 Å². The summed E-state index contributed by atoms with van der Waals surface area (Å²) in [4.78, 5) is 16.0. The predicted octanol–water partition coefficient (Wildman–Crippen LogP) is 1.76. The second-order valence-corrected chi connectivity index (χ2v) is 7.44. The lowest BCUT2D eigenvalue weighted by atomic mass is 10.2. The van der Waals surface area contributed by atoms with Gasteiger partial charge in [-0.3, -0.25) is 0 Å². The van der Waals surface area contributed by atoms with Gasteiger partial charge in [-0.05, 0) is 25.0 Å². The first-order valence-electron chi connectivity index (χ1n) is 6.80. The Morgan fingerprint density at radius 1 is 1.43 bits per heavy atom. The van der Waals surface area contributed by atoms with Crippen LogP contribution in [-0.4, -0.2) is 36.6 Å². The van der Waals surface area contributed by atoms with E-state index >= 15 is 0 Å². The number of sulfone groups is 1. The molecule has 0 N–H and O–H groups in total. The van der Waals surface area contributed by atoms with Gasteiger partial charge in [-0.15, -0.1) is 0 Å². The zero-order chi connectivity index (χ0) is 15.0. The maximum atomic E-state index is 12.3. The number of rotatable bonds is 2. The molecule has 6 nitrogen and oxygen atoms in total. The summed E-state index contributed by atoms with van der Waals surface area (Å²) in [6.45, 7) is 0. The minimum atomic E-state index is -3.18. The Hall–Kier alpha value is -1.89. The highest BCUT2D eigenvalue weighted by molar-refractivity contribution is 7.91. The molecule has 1 saturated heterocycles. The number of ether oxygens (including phenoxy) is 1. The van der Waals surface area contributed by atoms with Crippen LogP contribution in [0.5, 0.6) is 0 Å². The van der Waals surface area contributed by atoms with Gasteiger partial charge in [0.1, 0.15) is 11.1 Å². The summed E-state index contributed by atoms with van der Waals surface area (Å²) in [6.07, 6.45) is 5.41. The number of carbonyl (C=O) groups is 1. The number of methoxy groups -OCH3 is 1. The summed E-state index contributed by atoms with van der Waals surface area (Å²) < 4.78 is 30.9. The van der Waals surface area contributed by atoms with Crippen molar-refractivity contribution in [2.24, 2.45) is 0 Å².